The number of benzene rings is 3. The Morgan fingerprint density at radius 3 is 2.35 bits per heavy atom. The van der Waals surface area contributed by atoms with Gasteiger partial charge in [-0.1, -0.05) is 17.7 Å². The minimum absolute atomic E-state index is 0.0727. The van der Waals surface area contributed by atoms with E-state index < -0.39 is 17.5 Å². The van der Waals surface area contributed by atoms with Crippen molar-refractivity contribution in [3.05, 3.63) is 82.4 Å². The Bertz CT molecular complexity index is 1250. The molecule has 0 amide bonds. The summed E-state index contributed by atoms with van der Waals surface area (Å²) in [6.45, 7) is 0.0727. The molecule has 0 saturated heterocycles. The fourth-order valence-corrected chi connectivity index (χ4v) is 3.85. The van der Waals surface area contributed by atoms with Crippen LogP contribution in [0.2, 0.25) is 5.02 Å². The highest BCUT2D eigenvalue weighted by molar-refractivity contribution is 6.44. The number of rotatable bonds is 9. The molecule has 0 radical (unpaired) electrons. The number of hydrogen-bond donors (Lipinski definition) is 0. The molecule has 1 atom stereocenters. The summed E-state index contributed by atoms with van der Waals surface area (Å²) in [4.78, 5) is 39.6. The number of methoxy groups -OCH3 is 2. The van der Waals surface area contributed by atoms with Crippen molar-refractivity contribution in [2.75, 3.05) is 21.0 Å². The molecule has 1 aliphatic heterocycles. The number of hydrogen-bond acceptors (Lipinski definition) is 7. The molecule has 1 heterocycles. The summed E-state index contributed by atoms with van der Waals surface area (Å²) in [5, 5.41) is 0.481. The fraction of sp³-hybridized carbons (Fsp3) is 0.192. The van der Waals surface area contributed by atoms with Crippen LogP contribution in [-0.2, 0) is 4.79 Å². The average Bonchev–Trinajstić information content (AvgIpc) is 3.34. The van der Waals surface area contributed by atoms with Crippen molar-refractivity contribution in [3.63, 3.8) is 0 Å². The van der Waals surface area contributed by atoms with Crippen LogP contribution in [0.15, 0.2) is 60.7 Å². The summed E-state index contributed by atoms with van der Waals surface area (Å²) in [5.74, 6) is -1.01. The van der Waals surface area contributed by atoms with E-state index in [2.05, 4.69) is 0 Å². The summed E-state index contributed by atoms with van der Waals surface area (Å²) in [5.41, 5.74) is 0.998. The largest absolute Gasteiger partial charge is 0.497 e. The summed E-state index contributed by atoms with van der Waals surface area (Å²) >= 11 is 5.96. The molecule has 1 unspecified atom stereocenters. The Morgan fingerprint density at radius 1 is 0.912 bits per heavy atom. The smallest absolute Gasteiger partial charge is 0.232 e. The number of carbonyl (C=O) groups is 3. The van der Waals surface area contributed by atoms with Gasteiger partial charge in [0, 0.05) is 23.1 Å². The Balaban J connectivity index is 1.66. The van der Waals surface area contributed by atoms with Crippen LogP contribution in [0.5, 0.6) is 23.0 Å². The minimum Gasteiger partial charge on any atom is -0.497 e. The molecule has 0 aromatic heterocycles. The van der Waals surface area contributed by atoms with Crippen molar-refractivity contribution in [2.45, 2.75) is 12.3 Å². The van der Waals surface area contributed by atoms with Gasteiger partial charge >= 0.3 is 0 Å². The topological polar surface area (TPSA) is 88.1 Å². The molecule has 0 fully saturated rings. The van der Waals surface area contributed by atoms with Gasteiger partial charge in [-0.05, 0) is 54.1 Å². The molecular formula is C26H21ClO7. The quantitative estimate of drug-likeness (QED) is 0.318. The Morgan fingerprint density at radius 2 is 1.65 bits per heavy atom. The van der Waals surface area contributed by atoms with Crippen LogP contribution in [-0.4, -0.2) is 38.4 Å². The van der Waals surface area contributed by atoms with Crippen LogP contribution in [0.4, 0.5) is 0 Å². The van der Waals surface area contributed by atoms with Gasteiger partial charge < -0.3 is 18.9 Å². The summed E-state index contributed by atoms with van der Waals surface area (Å²) < 4.78 is 21.2. The molecule has 7 nitrogen and oxygen atoms in total. The van der Waals surface area contributed by atoms with Crippen molar-refractivity contribution in [2.24, 2.45) is 0 Å². The first-order valence-electron chi connectivity index (χ1n) is 10.4. The number of carbonyl (C=O) groups excluding carboxylic acids is 3. The lowest BCUT2D eigenvalue weighted by molar-refractivity contribution is -0.115. The monoisotopic (exact) mass is 480 g/mol. The van der Waals surface area contributed by atoms with Crippen LogP contribution in [0, 0.1) is 0 Å². The van der Waals surface area contributed by atoms with E-state index in [0.29, 0.717) is 33.4 Å². The summed E-state index contributed by atoms with van der Waals surface area (Å²) in [7, 11) is 2.88. The molecule has 4 rings (SSSR count). The SMILES string of the molecule is COc1ccc(C(=O)C(=O)CC(C(=O)c2ccc(Cl)cc2)c2ccc3c(c2)OCO3)c(OC)c1. The van der Waals surface area contributed by atoms with Crippen LogP contribution in [0.1, 0.15) is 38.6 Å². The zero-order valence-corrected chi connectivity index (χ0v) is 19.3. The maximum Gasteiger partial charge on any atom is 0.232 e. The minimum atomic E-state index is -0.920. The van der Waals surface area contributed by atoms with Gasteiger partial charge in [-0.3, -0.25) is 14.4 Å². The number of halogens is 1. The zero-order chi connectivity index (χ0) is 24.2. The first-order valence-corrected chi connectivity index (χ1v) is 10.8. The van der Waals surface area contributed by atoms with Gasteiger partial charge in [0.15, 0.2) is 17.3 Å². The maximum atomic E-state index is 13.4. The van der Waals surface area contributed by atoms with Crippen LogP contribution < -0.4 is 18.9 Å². The molecule has 0 saturated carbocycles. The molecule has 0 aliphatic carbocycles. The molecule has 3 aromatic carbocycles. The number of Topliss-reactive ketones (excluding diaryl/α,β-unsaturated/α-hetero) is 3. The Labute approximate surface area is 201 Å². The highest BCUT2D eigenvalue weighted by Crippen LogP contribution is 2.37. The second kappa shape index (κ2) is 9.97. The van der Waals surface area contributed by atoms with Crippen molar-refractivity contribution >= 4 is 29.0 Å². The van der Waals surface area contributed by atoms with E-state index in [-0.39, 0.29) is 30.3 Å². The standard InChI is InChI=1S/C26H21ClO7/c1-31-18-8-9-19(23(12-18)32-2)26(30)21(28)13-20(25(29)15-3-6-17(27)7-4-15)16-5-10-22-24(11-16)34-14-33-22/h3-12,20H,13-14H2,1-2H3. The number of fused-ring (bicyclic) bond motifs is 1. The number of ether oxygens (including phenoxy) is 4. The van der Waals surface area contributed by atoms with E-state index >= 15 is 0 Å². The average molecular weight is 481 g/mol. The third kappa shape index (κ3) is 4.75. The lowest BCUT2D eigenvalue weighted by Crippen LogP contribution is -2.22. The van der Waals surface area contributed by atoms with Gasteiger partial charge in [-0.25, -0.2) is 0 Å². The third-order valence-corrected chi connectivity index (χ3v) is 5.79. The fourth-order valence-electron chi connectivity index (χ4n) is 3.72. The second-order valence-electron chi connectivity index (χ2n) is 7.56. The zero-order valence-electron chi connectivity index (χ0n) is 18.5. The maximum absolute atomic E-state index is 13.4. The molecule has 0 bridgehead atoms. The lowest BCUT2D eigenvalue weighted by Gasteiger charge is -2.17. The van der Waals surface area contributed by atoms with E-state index in [1.54, 1.807) is 48.5 Å². The predicted octanol–water partition coefficient (Wildman–Crippen LogP) is 4.89. The molecule has 34 heavy (non-hydrogen) atoms. The number of ketones is 3. The van der Waals surface area contributed by atoms with Crippen molar-refractivity contribution in [1.82, 2.24) is 0 Å². The first kappa shape index (κ1) is 23.3. The normalized spacial score (nSPS) is 12.7. The van der Waals surface area contributed by atoms with Crippen LogP contribution >= 0.6 is 11.6 Å². The van der Waals surface area contributed by atoms with Crippen molar-refractivity contribution in [1.29, 1.82) is 0 Å². The summed E-state index contributed by atoms with van der Waals surface area (Å²) in [6.07, 6.45) is -0.338. The van der Waals surface area contributed by atoms with Crippen molar-refractivity contribution < 1.29 is 33.3 Å². The highest BCUT2D eigenvalue weighted by atomic mass is 35.5. The van der Waals surface area contributed by atoms with Gasteiger partial charge in [0.1, 0.15) is 11.5 Å². The Hall–Kier alpha value is -3.84. The first-order chi connectivity index (χ1) is 16.4. The summed E-state index contributed by atoms with van der Waals surface area (Å²) in [6, 6.07) is 16.0. The molecule has 0 N–H and O–H groups in total. The van der Waals surface area contributed by atoms with Crippen molar-refractivity contribution in [3.8, 4) is 23.0 Å². The van der Waals surface area contributed by atoms with E-state index in [9.17, 15) is 14.4 Å². The van der Waals surface area contributed by atoms with E-state index in [0.717, 1.165) is 0 Å². The molecular weight excluding hydrogens is 460 g/mol. The van der Waals surface area contributed by atoms with Crippen LogP contribution in [0.25, 0.3) is 0 Å². The van der Waals surface area contributed by atoms with Gasteiger partial charge in [0.2, 0.25) is 18.4 Å². The molecule has 174 valence electrons. The van der Waals surface area contributed by atoms with E-state index in [1.165, 1.54) is 26.4 Å². The Kier molecular flexibility index (Phi) is 6.84. The third-order valence-electron chi connectivity index (χ3n) is 5.54. The lowest BCUT2D eigenvalue weighted by atomic mass is 9.85. The van der Waals surface area contributed by atoms with Crippen LogP contribution in [0.3, 0.4) is 0 Å². The van der Waals surface area contributed by atoms with Gasteiger partial charge in [-0.2, -0.15) is 0 Å². The molecule has 1 aliphatic rings. The van der Waals surface area contributed by atoms with Gasteiger partial charge in [0.05, 0.1) is 25.7 Å². The molecule has 0 spiro atoms. The molecule has 3 aromatic rings. The predicted molar refractivity (Wildman–Crippen MR) is 125 cm³/mol. The second-order valence-corrected chi connectivity index (χ2v) is 8.00. The highest BCUT2D eigenvalue weighted by Gasteiger charge is 2.31. The van der Waals surface area contributed by atoms with Gasteiger partial charge in [0.25, 0.3) is 0 Å². The van der Waals surface area contributed by atoms with E-state index in [1.807, 2.05) is 0 Å². The van der Waals surface area contributed by atoms with E-state index in [4.69, 9.17) is 30.5 Å². The molecule has 8 heteroatoms. The van der Waals surface area contributed by atoms with Gasteiger partial charge in [-0.15, -0.1) is 0 Å².